The Bertz CT molecular complexity index is 618. The summed E-state index contributed by atoms with van der Waals surface area (Å²) < 4.78 is 0. The van der Waals surface area contributed by atoms with Crippen LogP contribution in [0.2, 0.25) is 0 Å². The molecule has 0 saturated carbocycles. The number of allylic oxidation sites excluding steroid dienone is 1. The predicted molar refractivity (Wildman–Crippen MR) is 88.9 cm³/mol. The van der Waals surface area contributed by atoms with Crippen molar-refractivity contribution in [2.75, 3.05) is 5.32 Å². The summed E-state index contributed by atoms with van der Waals surface area (Å²) in [7, 11) is 0. The number of nitrogens with one attached hydrogen (secondary N) is 1. The van der Waals surface area contributed by atoms with Crippen LogP contribution in [0.5, 0.6) is 0 Å². The highest BCUT2D eigenvalue weighted by Gasteiger charge is 1.95. The number of para-hydroxylation sites is 1. The molecule has 2 aromatic carbocycles. The molecule has 0 aliphatic rings. The Morgan fingerprint density at radius 2 is 1.55 bits per heavy atom. The van der Waals surface area contributed by atoms with Gasteiger partial charge in [-0.15, -0.1) is 0 Å². The standard InChI is InChI=1S/C17H15NOS/c19-16(12-11-14-7-3-1-4-8-14)13-17(20)18-15-9-5-2-6-10-15/h1-13,19H,(H,18,20)/b12-11+,16-13-. The molecule has 0 fully saturated rings. The zero-order chi connectivity index (χ0) is 14.2. The van der Waals surface area contributed by atoms with Gasteiger partial charge in [0.2, 0.25) is 0 Å². The van der Waals surface area contributed by atoms with Crippen molar-refractivity contribution in [2.24, 2.45) is 0 Å². The van der Waals surface area contributed by atoms with Crippen LogP contribution in [0.15, 0.2) is 78.6 Å². The lowest BCUT2D eigenvalue weighted by Crippen LogP contribution is -2.05. The van der Waals surface area contributed by atoms with Gasteiger partial charge in [0.15, 0.2) is 0 Å². The van der Waals surface area contributed by atoms with Gasteiger partial charge in [-0.2, -0.15) is 0 Å². The van der Waals surface area contributed by atoms with Gasteiger partial charge in [-0.05, 0) is 23.8 Å². The molecule has 0 spiro atoms. The Hall–Kier alpha value is -2.39. The summed E-state index contributed by atoms with van der Waals surface area (Å²) in [5.41, 5.74) is 1.92. The van der Waals surface area contributed by atoms with Gasteiger partial charge in [0.25, 0.3) is 0 Å². The van der Waals surface area contributed by atoms with E-state index in [1.165, 1.54) is 6.08 Å². The topological polar surface area (TPSA) is 32.3 Å². The normalized spacial score (nSPS) is 11.5. The van der Waals surface area contributed by atoms with E-state index in [4.69, 9.17) is 12.2 Å². The maximum atomic E-state index is 9.81. The molecule has 0 unspecified atom stereocenters. The van der Waals surface area contributed by atoms with Gasteiger partial charge < -0.3 is 10.4 Å². The van der Waals surface area contributed by atoms with Crippen molar-refractivity contribution in [3.8, 4) is 0 Å². The molecule has 2 aromatic rings. The molecule has 0 aliphatic carbocycles. The monoisotopic (exact) mass is 281 g/mol. The molecule has 0 radical (unpaired) electrons. The zero-order valence-corrected chi connectivity index (χ0v) is 11.7. The van der Waals surface area contributed by atoms with Crippen LogP contribution in [-0.4, -0.2) is 10.1 Å². The van der Waals surface area contributed by atoms with Crippen LogP contribution in [0, 0.1) is 0 Å². The average molecular weight is 281 g/mol. The fourth-order valence-corrected chi connectivity index (χ4v) is 1.87. The third-order valence-electron chi connectivity index (χ3n) is 2.57. The number of thiocarbonyl (C=S) groups is 1. The number of hydrogen-bond donors (Lipinski definition) is 2. The van der Waals surface area contributed by atoms with E-state index in [-0.39, 0.29) is 5.76 Å². The van der Waals surface area contributed by atoms with Crippen LogP contribution in [0.25, 0.3) is 6.08 Å². The van der Waals surface area contributed by atoms with Crippen molar-refractivity contribution in [3.63, 3.8) is 0 Å². The summed E-state index contributed by atoms with van der Waals surface area (Å²) in [6, 6.07) is 19.4. The molecule has 0 atom stereocenters. The van der Waals surface area contributed by atoms with E-state index in [0.717, 1.165) is 11.3 Å². The molecule has 0 aliphatic heterocycles. The van der Waals surface area contributed by atoms with Crippen molar-refractivity contribution in [2.45, 2.75) is 0 Å². The van der Waals surface area contributed by atoms with Crippen molar-refractivity contribution in [1.82, 2.24) is 0 Å². The fourth-order valence-electron chi connectivity index (χ4n) is 1.63. The molecular weight excluding hydrogens is 266 g/mol. The van der Waals surface area contributed by atoms with Gasteiger partial charge in [-0.1, -0.05) is 66.8 Å². The molecule has 100 valence electrons. The van der Waals surface area contributed by atoms with E-state index in [2.05, 4.69) is 5.32 Å². The van der Waals surface area contributed by atoms with Crippen LogP contribution in [0.4, 0.5) is 5.69 Å². The van der Waals surface area contributed by atoms with Crippen LogP contribution >= 0.6 is 12.2 Å². The average Bonchev–Trinajstić information content (AvgIpc) is 2.47. The minimum Gasteiger partial charge on any atom is -0.508 e. The first-order chi connectivity index (χ1) is 9.74. The number of rotatable bonds is 4. The molecule has 2 N–H and O–H groups in total. The molecule has 2 nitrogen and oxygen atoms in total. The number of aliphatic hydroxyl groups is 1. The summed E-state index contributed by atoms with van der Waals surface area (Å²) >= 11 is 5.16. The van der Waals surface area contributed by atoms with E-state index >= 15 is 0 Å². The maximum Gasteiger partial charge on any atom is 0.118 e. The minimum atomic E-state index is 0.113. The second kappa shape index (κ2) is 7.26. The number of benzene rings is 2. The number of anilines is 1. The van der Waals surface area contributed by atoms with Crippen molar-refractivity contribution in [3.05, 3.63) is 84.1 Å². The molecular formula is C17H15NOS. The quantitative estimate of drug-likeness (QED) is 0.372. The first-order valence-corrected chi connectivity index (χ1v) is 6.65. The van der Waals surface area contributed by atoms with E-state index in [1.807, 2.05) is 66.7 Å². The summed E-state index contributed by atoms with van der Waals surface area (Å²) in [4.78, 5) is 0.464. The lowest BCUT2D eigenvalue weighted by molar-refractivity contribution is 0.434. The molecule has 0 bridgehead atoms. The van der Waals surface area contributed by atoms with Crippen LogP contribution in [0.3, 0.4) is 0 Å². The molecule has 2 rings (SSSR count). The van der Waals surface area contributed by atoms with Crippen LogP contribution in [-0.2, 0) is 0 Å². The highest BCUT2D eigenvalue weighted by molar-refractivity contribution is 7.81. The smallest absolute Gasteiger partial charge is 0.118 e. The summed E-state index contributed by atoms with van der Waals surface area (Å²) in [6.07, 6.45) is 4.97. The largest absolute Gasteiger partial charge is 0.508 e. The summed E-state index contributed by atoms with van der Waals surface area (Å²) in [6.45, 7) is 0. The Morgan fingerprint density at radius 3 is 2.20 bits per heavy atom. The minimum absolute atomic E-state index is 0.113. The van der Waals surface area contributed by atoms with Crippen molar-refractivity contribution in [1.29, 1.82) is 0 Å². The molecule has 20 heavy (non-hydrogen) atoms. The second-order valence-electron chi connectivity index (χ2n) is 4.17. The predicted octanol–water partition coefficient (Wildman–Crippen LogP) is 4.58. The molecule has 0 amide bonds. The van der Waals surface area contributed by atoms with E-state index < -0.39 is 0 Å². The summed E-state index contributed by atoms with van der Waals surface area (Å²) in [5, 5.41) is 12.8. The van der Waals surface area contributed by atoms with Gasteiger partial charge in [0.1, 0.15) is 10.7 Å². The SMILES string of the molecule is OC(=C\C(=S)Nc1ccccc1)/C=C/c1ccccc1. The summed E-state index contributed by atoms with van der Waals surface area (Å²) in [5.74, 6) is 0.113. The fraction of sp³-hybridized carbons (Fsp3) is 0. The van der Waals surface area contributed by atoms with Gasteiger partial charge in [0, 0.05) is 11.8 Å². The van der Waals surface area contributed by atoms with E-state index in [0.29, 0.717) is 4.99 Å². The van der Waals surface area contributed by atoms with Gasteiger partial charge in [0.05, 0.1) is 0 Å². The second-order valence-corrected chi connectivity index (χ2v) is 4.61. The van der Waals surface area contributed by atoms with Crippen LogP contribution in [0.1, 0.15) is 5.56 Å². The van der Waals surface area contributed by atoms with E-state index in [9.17, 15) is 5.11 Å². The third kappa shape index (κ3) is 4.71. The van der Waals surface area contributed by atoms with Crippen molar-refractivity contribution >= 4 is 29.0 Å². The maximum absolute atomic E-state index is 9.81. The van der Waals surface area contributed by atoms with Gasteiger partial charge >= 0.3 is 0 Å². The Balaban J connectivity index is 1.96. The molecule has 3 heteroatoms. The number of aliphatic hydroxyl groups excluding tert-OH is 1. The Morgan fingerprint density at radius 1 is 0.950 bits per heavy atom. The van der Waals surface area contributed by atoms with Gasteiger partial charge in [-0.3, -0.25) is 0 Å². The molecule has 0 heterocycles. The van der Waals surface area contributed by atoms with Crippen LogP contribution < -0.4 is 5.32 Å². The van der Waals surface area contributed by atoms with Crippen molar-refractivity contribution < 1.29 is 5.11 Å². The molecule has 0 saturated heterocycles. The highest BCUT2D eigenvalue weighted by atomic mass is 32.1. The molecule has 0 aromatic heterocycles. The Kier molecular flexibility index (Phi) is 5.09. The van der Waals surface area contributed by atoms with Gasteiger partial charge in [-0.25, -0.2) is 0 Å². The number of hydrogen-bond acceptors (Lipinski definition) is 2. The zero-order valence-electron chi connectivity index (χ0n) is 10.9. The first kappa shape index (κ1) is 14.0. The highest BCUT2D eigenvalue weighted by Crippen LogP contribution is 2.07. The first-order valence-electron chi connectivity index (χ1n) is 6.24. The third-order valence-corrected chi connectivity index (χ3v) is 2.79. The van der Waals surface area contributed by atoms with E-state index in [1.54, 1.807) is 6.08 Å². The Labute approximate surface area is 124 Å². The lowest BCUT2D eigenvalue weighted by Gasteiger charge is -2.03. The lowest BCUT2D eigenvalue weighted by atomic mass is 10.2.